The summed E-state index contributed by atoms with van der Waals surface area (Å²) in [6.07, 6.45) is 6.61. The number of hydrogen-bond donors (Lipinski definition) is 1. The molecule has 19 heavy (non-hydrogen) atoms. The largest absolute Gasteiger partial charge is 0.316 e. The van der Waals surface area contributed by atoms with E-state index >= 15 is 0 Å². The Hall–Kier alpha value is -0.150. The van der Waals surface area contributed by atoms with Gasteiger partial charge in [-0.25, -0.2) is 4.39 Å². The van der Waals surface area contributed by atoms with Crippen LogP contribution in [0.3, 0.4) is 0 Å². The van der Waals surface area contributed by atoms with Crippen molar-refractivity contribution in [3.05, 3.63) is 0 Å². The van der Waals surface area contributed by atoms with E-state index < -0.39 is 5.67 Å². The van der Waals surface area contributed by atoms with Gasteiger partial charge in [0.25, 0.3) is 0 Å². The molecule has 2 nitrogen and oxygen atoms in total. The molecule has 3 heteroatoms. The molecule has 0 saturated carbocycles. The van der Waals surface area contributed by atoms with E-state index in [4.69, 9.17) is 0 Å². The topological polar surface area (TPSA) is 15.3 Å². The van der Waals surface area contributed by atoms with Crippen LogP contribution in [-0.4, -0.2) is 43.3 Å². The Balaban J connectivity index is 0.000000861. The SMILES string of the molecule is CC.CCCC1CCN(CC2(F)CCNCC2)CC1. The lowest BCUT2D eigenvalue weighted by Gasteiger charge is -2.38. The Morgan fingerprint density at radius 2 is 1.74 bits per heavy atom. The van der Waals surface area contributed by atoms with E-state index in [1.54, 1.807) is 0 Å². The summed E-state index contributed by atoms with van der Waals surface area (Å²) in [5.41, 5.74) is -0.914. The van der Waals surface area contributed by atoms with Crippen LogP contribution in [0.1, 0.15) is 59.3 Å². The molecule has 2 aliphatic heterocycles. The van der Waals surface area contributed by atoms with E-state index in [9.17, 15) is 4.39 Å². The van der Waals surface area contributed by atoms with Gasteiger partial charge in [0.15, 0.2) is 0 Å². The van der Waals surface area contributed by atoms with Gasteiger partial charge in [-0.1, -0.05) is 33.6 Å². The second-order valence-corrected chi connectivity index (χ2v) is 5.91. The van der Waals surface area contributed by atoms with Crippen molar-refractivity contribution in [3.63, 3.8) is 0 Å². The fourth-order valence-corrected chi connectivity index (χ4v) is 3.28. The number of piperidine rings is 2. The maximum absolute atomic E-state index is 14.5. The summed E-state index contributed by atoms with van der Waals surface area (Å²) in [6.45, 7) is 10.9. The number of alkyl halides is 1. The van der Waals surface area contributed by atoms with Gasteiger partial charge >= 0.3 is 0 Å². The molecule has 0 unspecified atom stereocenters. The van der Waals surface area contributed by atoms with Gasteiger partial charge < -0.3 is 10.2 Å². The summed E-state index contributed by atoms with van der Waals surface area (Å²) in [4.78, 5) is 2.36. The van der Waals surface area contributed by atoms with E-state index in [-0.39, 0.29) is 0 Å². The van der Waals surface area contributed by atoms with Crippen molar-refractivity contribution in [2.75, 3.05) is 32.7 Å². The van der Waals surface area contributed by atoms with Crippen LogP contribution in [0.25, 0.3) is 0 Å². The summed E-state index contributed by atoms with van der Waals surface area (Å²) in [5, 5.41) is 3.24. The van der Waals surface area contributed by atoms with E-state index in [0.717, 1.165) is 32.1 Å². The first-order valence-electron chi connectivity index (χ1n) is 8.34. The number of rotatable bonds is 4. The van der Waals surface area contributed by atoms with Crippen LogP contribution in [-0.2, 0) is 0 Å². The second-order valence-electron chi connectivity index (χ2n) is 5.91. The molecular formula is C16H33FN2. The molecule has 0 aliphatic carbocycles. The Morgan fingerprint density at radius 3 is 2.26 bits per heavy atom. The first kappa shape index (κ1) is 16.9. The van der Waals surface area contributed by atoms with Gasteiger partial charge in [0.05, 0.1) is 0 Å². The lowest BCUT2D eigenvalue weighted by Crippen LogP contribution is -2.48. The Kier molecular flexibility index (Phi) is 7.93. The number of likely N-dealkylation sites (tertiary alicyclic amines) is 1. The third-order valence-corrected chi connectivity index (χ3v) is 4.41. The molecule has 2 heterocycles. The monoisotopic (exact) mass is 272 g/mol. The fraction of sp³-hybridized carbons (Fsp3) is 1.00. The highest BCUT2D eigenvalue weighted by Gasteiger charge is 2.34. The summed E-state index contributed by atoms with van der Waals surface area (Å²) in [5.74, 6) is 0.903. The fourth-order valence-electron chi connectivity index (χ4n) is 3.28. The number of nitrogens with zero attached hydrogens (tertiary/aromatic N) is 1. The molecule has 0 amide bonds. The lowest BCUT2D eigenvalue weighted by atomic mass is 9.89. The molecule has 0 radical (unpaired) electrons. The van der Waals surface area contributed by atoms with Crippen molar-refractivity contribution in [3.8, 4) is 0 Å². The average Bonchev–Trinajstić information content (AvgIpc) is 2.44. The molecule has 0 spiro atoms. The van der Waals surface area contributed by atoms with Crippen LogP contribution < -0.4 is 5.32 Å². The minimum Gasteiger partial charge on any atom is -0.316 e. The summed E-state index contributed by atoms with van der Waals surface area (Å²) in [7, 11) is 0. The molecule has 0 bridgehead atoms. The molecule has 0 aromatic rings. The van der Waals surface area contributed by atoms with Crippen molar-refractivity contribution >= 4 is 0 Å². The molecule has 1 N–H and O–H groups in total. The van der Waals surface area contributed by atoms with E-state index in [1.165, 1.54) is 25.7 Å². The third-order valence-electron chi connectivity index (χ3n) is 4.41. The smallest absolute Gasteiger partial charge is 0.126 e. The first-order valence-corrected chi connectivity index (χ1v) is 8.34. The lowest BCUT2D eigenvalue weighted by molar-refractivity contribution is 0.0452. The van der Waals surface area contributed by atoms with Crippen LogP contribution in [0.15, 0.2) is 0 Å². The van der Waals surface area contributed by atoms with Crippen molar-refractivity contribution in [1.82, 2.24) is 10.2 Å². The highest BCUT2D eigenvalue weighted by Crippen LogP contribution is 2.28. The van der Waals surface area contributed by atoms with Gasteiger partial charge in [-0.15, -0.1) is 0 Å². The van der Waals surface area contributed by atoms with Gasteiger partial charge in [-0.2, -0.15) is 0 Å². The molecular weight excluding hydrogens is 239 g/mol. The van der Waals surface area contributed by atoms with Crippen molar-refractivity contribution in [2.45, 2.75) is 65.0 Å². The second kappa shape index (κ2) is 8.91. The molecule has 2 fully saturated rings. The predicted molar refractivity (Wildman–Crippen MR) is 81.4 cm³/mol. The van der Waals surface area contributed by atoms with E-state index in [2.05, 4.69) is 17.1 Å². The van der Waals surface area contributed by atoms with Crippen molar-refractivity contribution in [1.29, 1.82) is 0 Å². The highest BCUT2D eigenvalue weighted by molar-refractivity contribution is 4.89. The van der Waals surface area contributed by atoms with Crippen molar-refractivity contribution < 1.29 is 4.39 Å². The zero-order chi connectivity index (χ0) is 14.1. The van der Waals surface area contributed by atoms with Gasteiger partial charge in [0, 0.05) is 6.54 Å². The third kappa shape index (κ3) is 5.78. The van der Waals surface area contributed by atoms with Gasteiger partial charge in [-0.05, 0) is 57.8 Å². The number of hydrogen-bond acceptors (Lipinski definition) is 2. The van der Waals surface area contributed by atoms with Crippen LogP contribution >= 0.6 is 0 Å². The molecule has 2 saturated heterocycles. The quantitative estimate of drug-likeness (QED) is 0.841. The van der Waals surface area contributed by atoms with Crippen molar-refractivity contribution in [2.24, 2.45) is 5.92 Å². The molecule has 114 valence electrons. The van der Waals surface area contributed by atoms with Gasteiger partial charge in [-0.3, -0.25) is 0 Å². The van der Waals surface area contributed by atoms with Crippen LogP contribution in [0.2, 0.25) is 0 Å². The Morgan fingerprint density at radius 1 is 1.16 bits per heavy atom. The average molecular weight is 272 g/mol. The Bertz CT molecular complexity index is 219. The van der Waals surface area contributed by atoms with Gasteiger partial charge in [0.2, 0.25) is 0 Å². The van der Waals surface area contributed by atoms with E-state index in [0.29, 0.717) is 19.4 Å². The molecule has 2 rings (SSSR count). The first-order chi connectivity index (χ1) is 9.22. The molecule has 0 atom stereocenters. The normalized spacial score (nSPS) is 24.6. The number of nitrogens with one attached hydrogen (secondary N) is 1. The molecule has 2 aliphatic rings. The molecule has 0 aromatic carbocycles. The summed E-state index contributed by atoms with van der Waals surface area (Å²) in [6, 6.07) is 0. The standard InChI is InChI=1S/C14H27FN2.C2H6/c1-2-3-13-4-10-17(11-5-13)12-14(15)6-8-16-9-7-14;1-2/h13,16H,2-12H2,1H3;1-2H3. The van der Waals surface area contributed by atoms with Crippen LogP contribution in [0.4, 0.5) is 4.39 Å². The minimum atomic E-state index is -0.914. The number of halogens is 1. The molecule has 0 aromatic heterocycles. The zero-order valence-corrected chi connectivity index (χ0v) is 13.2. The minimum absolute atomic E-state index is 0.674. The van der Waals surface area contributed by atoms with Crippen LogP contribution in [0.5, 0.6) is 0 Å². The predicted octanol–water partition coefficient (Wildman–Crippen LogP) is 3.62. The van der Waals surface area contributed by atoms with Crippen LogP contribution in [0, 0.1) is 5.92 Å². The highest BCUT2D eigenvalue weighted by atomic mass is 19.1. The van der Waals surface area contributed by atoms with E-state index in [1.807, 2.05) is 13.8 Å². The maximum atomic E-state index is 14.5. The zero-order valence-electron chi connectivity index (χ0n) is 13.2. The maximum Gasteiger partial charge on any atom is 0.126 e. The van der Waals surface area contributed by atoms with Gasteiger partial charge in [0.1, 0.15) is 5.67 Å². The Labute approximate surface area is 119 Å². The summed E-state index contributed by atoms with van der Waals surface area (Å²) >= 11 is 0. The summed E-state index contributed by atoms with van der Waals surface area (Å²) < 4.78 is 14.5.